The van der Waals surface area contributed by atoms with Crippen LogP contribution in [0.5, 0.6) is 0 Å². The summed E-state index contributed by atoms with van der Waals surface area (Å²) in [6.07, 6.45) is 1.59. The SMILES string of the molecule is CCCNC(=O)[C@@H]1COC2(CCN(C(=O)c3ccc(Cl)c(Cl)c3)CC2)N1C(=O)c1ccccc1C. The maximum Gasteiger partial charge on any atom is 0.257 e. The molecule has 35 heavy (non-hydrogen) atoms. The zero-order valence-electron chi connectivity index (χ0n) is 19.9. The number of nitrogens with one attached hydrogen (secondary N) is 1. The number of halogens is 2. The molecule has 0 bridgehead atoms. The summed E-state index contributed by atoms with van der Waals surface area (Å²) in [6, 6.07) is 11.4. The van der Waals surface area contributed by atoms with Crippen LogP contribution < -0.4 is 5.32 Å². The highest BCUT2D eigenvalue weighted by molar-refractivity contribution is 6.42. The van der Waals surface area contributed by atoms with E-state index in [1.165, 1.54) is 0 Å². The summed E-state index contributed by atoms with van der Waals surface area (Å²) in [5.41, 5.74) is 0.869. The first-order valence-electron chi connectivity index (χ1n) is 11.8. The van der Waals surface area contributed by atoms with Crippen molar-refractivity contribution >= 4 is 40.9 Å². The standard InChI is InChI=1S/C26H29Cl2N3O4/c1-3-12-29-23(32)22-16-35-26(31(22)25(34)19-7-5-4-6-17(19)2)10-13-30(14-11-26)24(33)18-8-9-20(27)21(28)15-18/h4-9,15,22H,3,10-14,16H2,1-2H3,(H,29,32)/t22-/m0/s1. The normalized spacial score (nSPS) is 19.1. The Hall–Kier alpha value is -2.61. The van der Waals surface area contributed by atoms with Gasteiger partial charge in [0.1, 0.15) is 11.8 Å². The number of carbonyl (C=O) groups excluding carboxylic acids is 3. The molecule has 1 spiro atoms. The Morgan fingerprint density at radius 3 is 2.43 bits per heavy atom. The summed E-state index contributed by atoms with van der Waals surface area (Å²) < 4.78 is 6.23. The van der Waals surface area contributed by atoms with E-state index in [0.717, 1.165) is 12.0 Å². The predicted molar refractivity (Wildman–Crippen MR) is 135 cm³/mol. The fourth-order valence-electron chi connectivity index (χ4n) is 4.75. The molecule has 1 N–H and O–H groups in total. The number of ether oxygens (including phenoxy) is 1. The summed E-state index contributed by atoms with van der Waals surface area (Å²) in [7, 11) is 0. The topological polar surface area (TPSA) is 79.0 Å². The number of nitrogens with zero attached hydrogens (tertiary/aromatic N) is 2. The molecule has 2 aliphatic rings. The van der Waals surface area contributed by atoms with E-state index in [0.29, 0.717) is 53.6 Å². The van der Waals surface area contributed by atoms with Crippen LogP contribution in [0, 0.1) is 6.92 Å². The van der Waals surface area contributed by atoms with Crippen molar-refractivity contribution in [3.05, 3.63) is 69.2 Å². The molecule has 2 heterocycles. The lowest BCUT2D eigenvalue weighted by Crippen LogP contribution is -2.60. The maximum absolute atomic E-state index is 13.8. The van der Waals surface area contributed by atoms with Gasteiger partial charge in [-0.05, 0) is 43.2 Å². The summed E-state index contributed by atoms with van der Waals surface area (Å²) in [4.78, 5) is 43.2. The van der Waals surface area contributed by atoms with E-state index in [4.69, 9.17) is 27.9 Å². The van der Waals surface area contributed by atoms with Crippen LogP contribution in [0.15, 0.2) is 42.5 Å². The fraction of sp³-hybridized carbons (Fsp3) is 0.423. The van der Waals surface area contributed by atoms with Gasteiger partial charge in [0.25, 0.3) is 11.8 Å². The van der Waals surface area contributed by atoms with E-state index in [-0.39, 0.29) is 24.3 Å². The van der Waals surface area contributed by atoms with Gasteiger partial charge in [-0.25, -0.2) is 0 Å². The maximum atomic E-state index is 13.8. The Morgan fingerprint density at radius 1 is 1.06 bits per heavy atom. The zero-order valence-corrected chi connectivity index (χ0v) is 21.4. The van der Waals surface area contributed by atoms with Crippen LogP contribution >= 0.6 is 23.2 Å². The molecule has 3 amide bonds. The molecule has 2 aliphatic heterocycles. The Morgan fingerprint density at radius 2 is 1.77 bits per heavy atom. The smallest absolute Gasteiger partial charge is 0.257 e. The van der Waals surface area contributed by atoms with Crippen molar-refractivity contribution in [2.75, 3.05) is 26.2 Å². The lowest BCUT2D eigenvalue weighted by molar-refractivity contribution is -0.128. The van der Waals surface area contributed by atoms with E-state index >= 15 is 0 Å². The van der Waals surface area contributed by atoms with Crippen molar-refractivity contribution in [1.29, 1.82) is 0 Å². The Balaban J connectivity index is 1.58. The predicted octanol–water partition coefficient (Wildman–Crippen LogP) is 4.30. The Bertz CT molecular complexity index is 1130. The van der Waals surface area contributed by atoms with Crippen LogP contribution in [-0.2, 0) is 9.53 Å². The van der Waals surface area contributed by atoms with Gasteiger partial charge < -0.3 is 15.0 Å². The largest absolute Gasteiger partial charge is 0.354 e. The van der Waals surface area contributed by atoms with Crippen LogP contribution in [0.1, 0.15) is 52.5 Å². The fourth-order valence-corrected chi connectivity index (χ4v) is 5.04. The van der Waals surface area contributed by atoms with Crippen molar-refractivity contribution in [1.82, 2.24) is 15.1 Å². The second-order valence-electron chi connectivity index (χ2n) is 8.98. The molecule has 0 unspecified atom stereocenters. The second kappa shape index (κ2) is 10.6. The average Bonchev–Trinajstić information content (AvgIpc) is 3.22. The van der Waals surface area contributed by atoms with Crippen LogP contribution in [0.4, 0.5) is 0 Å². The van der Waals surface area contributed by atoms with E-state index in [2.05, 4.69) is 5.32 Å². The van der Waals surface area contributed by atoms with Crippen LogP contribution in [0.25, 0.3) is 0 Å². The van der Waals surface area contributed by atoms with Gasteiger partial charge in [-0.15, -0.1) is 0 Å². The molecule has 9 heteroatoms. The monoisotopic (exact) mass is 517 g/mol. The van der Waals surface area contributed by atoms with Crippen molar-refractivity contribution in [2.45, 2.75) is 44.9 Å². The first-order valence-corrected chi connectivity index (χ1v) is 12.6. The molecular weight excluding hydrogens is 489 g/mol. The lowest BCUT2D eigenvalue weighted by atomic mass is 9.95. The molecule has 2 aromatic rings. The number of hydrogen-bond acceptors (Lipinski definition) is 4. The molecule has 0 radical (unpaired) electrons. The minimum absolute atomic E-state index is 0.119. The number of aryl methyl sites for hydroxylation is 1. The van der Waals surface area contributed by atoms with Gasteiger partial charge in [-0.3, -0.25) is 19.3 Å². The number of hydrogen-bond donors (Lipinski definition) is 1. The second-order valence-corrected chi connectivity index (χ2v) is 9.79. The third-order valence-corrected chi connectivity index (χ3v) is 7.44. The molecule has 2 fully saturated rings. The first kappa shape index (κ1) is 25.5. The third kappa shape index (κ3) is 5.03. The van der Waals surface area contributed by atoms with Crippen LogP contribution in [0.3, 0.4) is 0 Å². The van der Waals surface area contributed by atoms with E-state index in [1.54, 1.807) is 34.1 Å². The van der Waals surface area contributed by atoms with Gasteiger partial charge in [0.2, 0.25) is 5.91 Å². The molecular formula is C26H29Cl2N3O4. The molecule has 4 rings (SSSR count). The molecule has 2 aromatic carbocycles. The lowest BCUT2D eigenvalue weighted by Gasteiger charge is -2.44. The zero-order chi connectivity index (χ0) is 25.2. The molecule has 0 aliphatic carbocycles. The highest BCUT2D eigenvalue weighted by Gasteiger charge is 2.54. The van der Waals surface area contributed by atoms with E-state index in [1.807, 2.05) is 32.0 Å². The Kier molecular flexibility index (Phi) is 7.69. The van der Waals surface area contributed by atoms with Gasteiger partial charge in [-0.1, -0.05) is 48.3 Å². The van der Waals surface area contributed by atoms with Crippen LogP contribution in [0.2, 0.25) is 10.0 Å². The summed E-state index contributed by atoms with van der Waals surface area (Å²) >= 11 is 12.1. The van der Waals surface area contributed by atoms with Crippen LogP contribution in [-0.4, -0.2) is 65.5 Å². The minimum Gasteiger partial charge on any atom is -0.354 e. The Labute approximate surface area is 215 Å². The number of benzene rings is 2. The third-order valence-electron chi connectivity index (χ3n) is 6.71. The van der Waals surface area contributed by atoms with Crippen molar-refractivity contribution < 1.29 is 19.1 Å². The van der Waals surface area contributed by atoms with Gasteiger partial charge in [0, 0.05) is 43.6 Å². The summed E-state index contributed by atoms with van der Waals surface area (Å²) in [5.74, 6) is -0.619. The molecule has 0 saturated carbocycles. The van der Waals surface area contributed by atoms with Crippen molar-refractivity contribution in [3.63, 3.8) is 0 Å². The number of piperidine rings is 1. The first-order chi connectivity index (χ1) is 16.8. The molecule has 1 atom stereocenters. The van der Waals surface area contributed by atoms with Crippen molar-refractivity contribution in [2.24, 2.45) is 0 Å². The average molecular weight is 518 g/mol. The number of likely N-dealkylation sites (tertiary alicyclic amines) is 1. The van der Waals surface area contributed by atoms with Gasteiger partial charge >= 0.3 is 0 Å². The minimum atomic E-state index is -0.956. The highest BCUT2D eigenvalue weighted by atomic mass is 35.5. The molecule has 186 valence electrons. The number of carbonyl (C=O) groups is 3. The van der Waals surface area contributed by atoms with Gasteiger partial charge in [0.05, 0.1) is 16.7 Å². The summed E-state index contributed by atoms with van der Waals surface area (Å²) in [6.45, 7) is 5.25. The number of rotatable bonds is 5. The van der Waals surface area contributed by atoms with Crippen molar-refractivity contribution in [3.8, 4) is 0 Å². The van der Waals surface area contributed by atoms with E-state index in [9.17, 15) is 14.4 Å². The molecule has 2 saturated heterocycles. The molecule has 7 nitrogen and oxygen atoms in total. The quantitative estimate of drug-likeness (QED) is 0.641. The van der Waals surface area contributed by atoms with Gasteiger partial charge in [0.15, 0.2) is 0 Å². The van der Waals surface area contributed by atoms with Gasteiger partial charge in [-0.2, -0.15) is 0 Å². The van der Waals surface area contributed by atoms with E-state index < -0.39 is 11.8 Å². The highest BCUT2D eigenvalue weighted by Crippen LogP contribution is 2.39. The molecule has 0 aromatic heterocycles. The summed E-state index contributed by atoms with van der Waals surface area (Å²) in [5, 5.41) is 3.61. The number of amides is 3.